The Morgan fingerprint density at radius 2 is 1.57 bits per heavy atom. The van der Waals surface area contributed by atoms with Crippen molar-refractivity contribution in [1.82, 2.24) is 10.2 Å². The number of para-hydroxylation sites is 1. The normalized spacial score (nSPS) is 12.0. The summed E-state index contributed by atoms with van der Waals surface area (Å²) in [5.74, 6) is -0.771. The first-order valence-electron chi connectivity index (χ1n) is 12.3. The fourth-order valence-electron chi connectivity index (χ4n) is 4.38. The number of carbonyl (C=O) groups excluding carboxylic acids is 2. The third-order valence-electron chi connectivity index (χ3n) is 6.27. The van der Waals surface area contributed by atoms with E-state index in [1.165, 1.54) is 11.9 Å². The maximum atomic E-state index is 14.0. The molecule has 0 saturated heterocycles. The van der Waals surface area contributed by atoms with E-state index in [4.69, 9.17) is 0 Å². The van der Waals surface area contributed by atoms with Crippen molar-refractivity contribution in [2.45, 2.75) is 39.3 Å². The minimum Gasteiger partial charge on any atom is -0.357 e. The van der Waals surface area contributed by atoms with E-state index in [1.54, 1.807) is 12.1 Å². The molecule has 1 atom stereocenters. The summed E-state index contributed by atoms with van der Waals surface area (Å²) in [6.45, 7) is 3.65. The van der Waals surface area contributed by atoms with Crippen LogP contribution in [-0.4, -0.2) is 51.0 Å². The van der Waals surface area contributed by atoms with E-state index in [0.29, 0.717) is 18.5 Å². The highest BCUT2D eigenvalue weighted by atomic mass is 32.2. The molecule has 0 spiro atoms. The second kappa shape index (κ2) is 12.5. The Morgan fingerprint density at radius 3 is 2.19 bits per heavy atom. The number of hydrogen-bond acceptors (Lipinski definition) is 4. The predicted octanol–water partition coefficient (Wildman–Crippen LogP) is 3.71. The van der Waals surface area contributed by atoms with Crippen LogP contribution in [0.2, 0.25) is 0 Å². The van der Waals surface area contributed by atoms with Crippen LogP contribution in [0.25, 0.3) is 0 Å². The van der Waals surface area contributed by atoms with Crippen LogP contribution in [-0.2, 0) is 39.0 Å². The lowest BCUT2D eigenvalue weighted by Crippen LogP contribution is -2.53. The molecule has 7 nitrogen and oxygen atoms in total. The van der Waals surface area contributed by atoms with Gasteiger partial charge in [0.25, 0.3) is 0 Å². The van der Waals surface area contributed by atoms with Gasteiger partial charge in [-0.15, -0.1) is 0 Å². The maximum Gasteiger partial charge on any atom is 0.244 e. The van der Waals surface area contributed by atoms with E-state index in [9.17, 15) is 18.0 Å². The van der Waals surface area contributed by atoms with Gasteiger partial charge in [0.2, 0.25) is 21.8 Å². The highest BCUT2D eigenvalue weighted by molar-refractivity contribution is 7.92. The van der Waals surface area contributed by atoms with Gasteiger partial charge in [-0.3, -0.25) is 13.9 Å². The molecule has 0 aliphatic carbocycles. The molecule has 0 radical (unpaired) electrons. The molecule has 1 N–H and O–H groups in total. The first-order chi connectivity index (χ1) is 17.6. The molecule has 8 heteroatoms. The van der Waals surface area contributed by atoms with Crippen molar-refractivity contribution in [1.29, 1.82) is 0 Å². The van der Waals surface area contributed by atoms with Crippen LogP contribution in [0.15, 0.2) is 78.9 Å². The molecule has 3 aromatic rings. The molecular weight excluding hydrogens is 486 g/mol. The lowest BCUT2D eigenvalue weighted by atomic mass is 10.0. The van der Waals surface area contributed by atoms with Crippen molar-refractivity contribution in [2.24, 2.45) is 0 Å². The number of hydrogen-bond donors (Lipinski definition) is 1. The summed E-state index contributed by atoms with van der Waals surface area (Å²) in [6.07, 6.45) is 2.00. The standard InChI is InChI=1S/C29H35N3O4S/c1-5-25-16-9-10-17-26(25)32(37(4,35)36)21-28(33)31(20-24-15-11-12-22(2)18-24)27(29(34)30-3)19-23-13-7-6-8-14-23/h6-18,27H,5,19-21H2,1-4H3,(H,30,34)/t27-/m1/s1. The van der Waals surface area contributed by atoms with Gasteiger partial charge in [0.1, 0.15) is 12.6 Å². The van der Waals surface area contributed by atoms with Crippen LogP contribution in [0.1, 0.15) is 29.2 Å². The largest absolute Gasteiger partial charge is 0.357 e. The SMILES string of the molecule is CCc1ccccc1N(CC(=O)N(Cc1cccc(C)c1)[C@H](Cc1ccccc1)C(=O)NC)S(C)(=O)=O. The van der Waals surface area contributed by atoms with E-state index in [2.05, 4.69) is 5.32 Å². The van der Waals surface area contributed by atoms with E-state index in [1.807, 2.05) is 80.6 Å². The Bertz CT molecular complexity index is 1330. The van der Waals surface area contributed by atoms with Crippen LogP contribution in [0.5, 0.6) is 0 Å². The number of sulfonamides is 1. The molecule has 0 aliphatic rings. The number of rotatable bonds is 11. The first kappa shape index (κ1) is 27.9. The van der Waals surface area contributed by atoms with Crippen molar-refractivity contribution < 1.29 is 18.0 Å². The summed E-state index contributed by atoms with van der Waals surface area (Å²) in [6, 6.07) is 23.5. The van der Waals surface area contributed by atoms with Crippen molar-refractivity contribution in [2.75, 3.05) is 24.2 Å². The molecule has 0 fully saturated rings. The fourth-order valence-corrected chi connectivity index (χ4v) is 5.26. The average molecular weight is 522 g/mol. The molecule has 0 aromatic heterocycles. The molecular formula is C29H35N3O4S. The van der Waals surface area contributed by atoms with Gasteiger partial charge >= 0.3 is 0 Å². The lowest BCUT2D eigenvalue weighted by molar-refractivity contribution is -0.139. The van der Waals surface area contributed by atoms with E-state index in [0.717, 1.165) is 32.8 Å². The number of nitrogens with zero attached hydrogens (tertiary/aromatic N) is 2. The van der Waals surface area contributed by atoms with Gasteiger partial charge in [0.15, 0.2) is 0 Å². The number of aryl methyl sites for hydroxylation is 2. The molecule has 0 unspecified atom stereocenters. The van der Waals surface area contributed by atoms with Crippen molar-refractivity contribution in [3.63, 3.8) is 0 Å². The molecule has 3 aromatic carbocycles. The molecule has 0 bridgehead atoms. The van der Waals surface area contributed by atoms with E-state index < -0.39 is 28.5 Å². The van der Waals surface area contributed by atoms with E-state index in [-0.39, 0.29) is 12.5 Å². The van der Waals surface area contributed by atoms with Crippen LogP contribution in [0.3, 0.4) is 0 Å². The zero-order valence-corrected chi connectivity index (χ0v) is 22.7. The van der Waals surface area contributed by atoms with E-state index >= 15 is 0 Å². The Kier molecular flexibility index (Phi) is 9.47. The minimum atomic E-state index is -3.78. The number of anilines is 1. The van der Waals surface area contributed by atoms with Crippen LogP contribution >= 0.6 is 0 Å². The average Bonchev–Trinajstić information content (AvgIpc) is 2.88. The number of carbonyl (C=O) groups is 2. The zero-order valence-electron chi connectivity index (χ0n) is 21.8. The molecule has 2 amide bonds. The number of likely N-dealkylation sites (N-methyl/N-ethyl adjacent to an activating group) is 1. The quantitative estimate of drug-likeness (QED) is 0.417. The highest BCUT2D eigenvalue weighted by Crippen LogP contribution is 2.24. The van der Waals surface area contributed by atoms with Crippen LogP contribution in [0.4, 0.5) is 5.69 Å². The Labute approximate surface area is 220 Å². The third-order valence-corrected chi connectivity index (χ3v) is 7.40. The van der Waals surface area contributed by atoms with Crippen molar-refractivity contribution >= 4 is 27.5 Å². The lowest BCUT2D eigenvalue weighted by Gasteiger charge is -2.33. The maximum absolute atomic E-state index is 14.0. The second-order valence-corrected chi connectivity index (χ2v) is 11.0. The first-order valence-corrected chi connectivity index (χ1v) is 14.1. The highest BCUT2D eigenvalue weighted by Gasteiger charge is 2.33. The molecule has 3 rings (SSSR count). The van der Waals surface area contributed by atoms with Crippen molar-refractivity contribution in [3.8, 4) is 0 Å². The summed E-state index contributed by atoms with van der Waals surface area (Å²) in [5, 5.41) is 2.69. The number of amides is 2. The summed E-state index contributed by atoms with van der Waals surface area (Å²) < 4.78 is 26.9. The van der Waals surface area contributed by atoms with Gasteiger partial charge in [0, 0.05) is 20.0 Å². The number of benzene rings is 3. The van der Waals surface area contributed by atoms with Crippen molar-refractivity contribution in [3.05, 3.63) is 101 Å². The van der Waals surface area contributed by atoms with Gasteiger partial charge in [-0.05, 0) is 36.1 Å². The Balaban J connectivity index is 2.05. The van der Waals surface area contributed by atoms with Crippen LogP contribution < -0.4 is 9.62 Å². The fraction of sp³-hybridized carbons (Fsp3) is 0.310. The smallest absolute Gasteiger partial charge is 0.244 e. The molecule has 37 heavy (non-hydrogen) atoms. The van der Waals surface area contributed by atoms with Gasteiger partial charge in [-0.2, -0.15) is 0 Å². The topological polar surface area (TPSA) is 86.8 Å². The monoisotopic (exact) mass is 521 g/mol. The zero-order chi connectivity index (χ0) is 27.0. The summed E-state index contributed by atoms with van der Waals surface area (Å²) in [4.78, 5) is 28.6. The Morgan fingerprint density at radius 1 is 0.919 bits per heavy atom. The molecule has 0 heterocycles. The summed E-state index contributed by atoms with van der Waals surface area (Å²) >= 11 is 0. The molecule has 196 valence electrons. The second-order valence-electron chi connectivity index (χ2n) is 9.08. The number of nitrogens with one attached hydrogen (secondary N) is 1. The minimum absolute atomic E-state index is 0.165. The summed E-state index contributed by atoms with van der Waals surface area (Å²) in [7, 11) is -2.25. The Hall–Kier alpha value is -3.65. The predicted molar refractivity (Wildman–Crippen MR) is 148 cm³/mol. The van der Waals surface area contributed by atoms with Crippen LogP contribution in [0, 0.1) is 6.92 Å². The van der Waals surface area contributed by atoms with Gasteiger partial charge in [0.05, 0.1) is 11.9 Å². The summed E-state index contributed by atoms with van der Waals surface area (Å²) in [5.41, 5.74) is 4.07. The third kappa shape index (κ3) is 7.43. The van der Waals surface area contributed by atoms with Gasteiger partial charge < -0.3 is 10.2 Å². The molecule has 0 aliphatic heterocycles. The van der Waals surface area contributed by atoms with Gasteiger partial charge in [-0.1, -0.05) is 85.3 Å². The van der Waals surface area contributed by atoms with Gasteiger partial charge in [-0.25, -0.2) is 8.42 Å². The molecule has 0 saturated carbocycles.